The molecule has 6 nitrogen and oxygen atoms in total. The van der Waals surface area contributed by atoms with E-state index in [1.54, 1.807) is 24.4 Å². The second-order valence-corrected chi connectivity index (χ2v) is 4.73. The van der Waals surface area contributed by atoms with Crippen LogP contribution in [-0.4, -0.2) is 15.1 Å². The molecule has 0 radical (unpaired) electrons. The molecule has 0 fully saturated rings. The van der Waals surface area contributed by atoms with Gasteiger partial charge in [0, 0.05) is 12.3 Å². The van der Waals surface area contributed by atoms with E-state index < -0.39 is 0 Å². The minimum absolute atomic E-state index is 0.438. The highest BCUT2D eigenvalue weighted by molar-refractivity contribution is 6.33. The maximum Gasteiger partial charge on any atom is 0.229 e. The van der Waals surface area contributed by atoms with E-state index in [-0.39, 0.29) is 0 Å². The molecule has 1 aromatic carbocycles. The SMILES string of the molecule is Cc1cc(Nc2ccnc(Nc3ccccc3Cl)n2)no1. The number of para-hydroxylation sites is 1. The summed E-state index contributed by atoms with van der Waals surface area (Å²) in [5.41, 5.74) is 0.744. The molecular weight excluding hydrogens is 290 g/mol. The van der Waals surface area contributed by atoms with Crippen LogP contribution in [-0.2, 0) is 0 Å². The Morgan fingerprint density at radius 3 is 2.71 bits per heavy atom. The summed E-state index contributed by atoms with van der Waals surface area (Å²) in [6, 6.07) is 10.9. The third-order valence-electron chi connectivity index (χ3n) is 2.66. The molecule has 0 saturated carbocycles. The lowest BCUT2D eigenvalue weighted by Gasteiger charge is -2.07. The van der Waals surface area contributed by atoms with Crippen LogP contribution in [0.5, 0.6) is 0 Å². The molecule has 3 rings (SSSR count). The van der Waals surface area contributed by atoms with Crippen LogP contribution in [0.3, 0.4) is 0 Å². The number of rotatable bonds is 4. The predicted molar refractivity (Wildman–Crippen MR) is 81.3 cm³/mol. The summed E-state index contributed by atoms with van der Waals surface area (Å²) < 4.78 is 4.99. The summed E-state index contributed by atoms with van der Waals surface area (Å²) in [4.78, 5) is 8.50. The van der Waals surface area contributed by atoms with Crippen molar-refractivity contribution in [3.63, 3.8) is 0 Å². The Bertz CT molecular complexity index is 758. The van der Waals surface area contributed by atoms with E-state index in [1.165, 1.54) is 0 Å². The summed E-state index contributed by atoms with van der Waals surface area (Å²) in [5, 5.41) is 10.6. The van der Waals surface area contributed by atoms with Crippen LogP contribution >= 0.6 is 11.6 Å². The van der Waals surface area contributed by atoms with Gasteiger partial charge >= 0.3 is 0 Å². The molecule has 0 bridgehead atoms. The molecule has 7 heteroatoms. The van der Waals surface area contributed by atoms with Crippen molar-refractivity contribution >= 4 is 34.9 Å². The molecule has 0 aliphatic rings. The van der Waals surface area contributed by atoms with Crippen molar-refractivity contribution in [2.75, 3.05) is 10.6 Å². The first kappa shape index (κ1) is 13.4. The Morgan fingerprint density at radius 2 is 1.95 bits per heavy atom. The van der Waals surface area contributed by atoms with E-state index >= 15 is 0 Å². The Hall–Kier alpha value is -2.60. The molecule has 3 aromatic rings. The summed E-state index contributed by atoms with van der Waals surface area (Å²) in [5.74, 6) is 2.36. The number of anilines is 4. The van der Waals surface area contributed by atoms with E-state index in [4.69, 9.17) is 16.1 Å². The molecule has 2 aromatic heterocycles. The second kappa shape index (κ2) is 5.80. The van der Waals surface area contributed by atoms with Crippen molar-refractivity contribution in [1.82, 2.24) is 15.1 Å². The fourth-order valence-electron chi connectivity index (χ4n) is 1.73. The zero-order valence-corrected chi connectivity index (χ0v) is 11.9. The Labute approximate surface area is 126 Å². The monoisotopic (exact) mass is 301 g/mol. The zero-order valence-electron chi connectivity index (χ0n) is 11.2. The minimum Gasteiger partial charge on any atom is -0.360 e. The van der Waals surface area contributed by atoms with Crippen LogP contribution in [0.4, 0.5) is 23.3 Å². The quantitative estimate of drug-likeness (QED) is 0.761. The van der Waals surface area contributed by atoms with Crippen molar-refractivity contribution in [2.24, 2.45) is 0 Å². The fraction of sp³-hybridized carbons (Fsp3) is 0.0714. The average molecular weight is 302 g/mol. The number of aromatic nitrogens is 3. The van der Waals surface area contributed by atoms with Gasteiger partial charge < -0.3 is 15.2 Å². The predicted octanol–water partition coefficient (Wildman–Crippen LogP) is 3.91. The molecule has 0 atom stereocenters. The summed E-state index contributed by atoms with van der Waals surface area (Å²) >= 11 is 6.09. The maximum absolute atomic E-state index is 6.09. The van der Waals surface area contributed by atoms with Crippen molar-refractivity contribution in [2.45, 2.75) is 6.92 Å². The molecule has 0 saturated heterocycles. The standard InChI is InChI=1S/C14H12ClN5O/c1-9-8-13(20-21-9)18-12-6-7-16-14(19-12)17-11-5-3-2-4-10(11)15/h2-8H,1H3,(H2,16,17,18,19,20). The number of aryl methyl sites for hydroxylation is 1. The number of nitrogens with zero attached hydrogens (tertiary/aromatic N) is 3. The lowest BCUT2D eigenvalue weighted by molar-refractivity contribution is 0.400. The molecule has 0 spiro atoms. The van der Waals surface area contributed by atoms with Gasteiger partial charge in [-0.15, -0.1) is 0 Å². The number of hydrogen-bond acceptors (Lipinski definition) is 6. The number of nitrogens with one attached hydrogen (secondary N) is 2. The van der Waals surface area contributed by atoms with E-state index in [0.29, 0.717) is 22.6 Å². The third-order valence-corrected chi connectivity index (χ3v) is 2.99. The summed E-state index contributed by atoms with van der Waals surface area (Å²) in [7, 11) is 0. The van der Waals surface area contributed by atoms with Gasteiger partial charge in [0.2, 0.25) is 5.95 Å². The van der Waals surface area contributed by atoms with Gasteiger partial charge in [0.25, 0.3) is 0 Å². The van der Waals surface area contributed by atoms with Crippen molar-refractivity contribution in [1.29, 1.82) is 0 Å². The minimum atomic E-state index is 0.438. The number of hydrogen-bond donors (Lipinski definition) is 2. The van der Waals surface area contributed by atoms with Gasteiger partial charge in [-0.2, -0.15) is 4.98 Å². The zero-order chi connectivity index (χ0) is 14.7. The van der Waals surface area contributed by atoms with Gasteiger partial charge in [-0.05, 0) is 25.1 Å². The highest BCUT2D eigenvalue weighted by Gasteiger charge is 2.05. The largest absolute Gasteiger partial charge is 0.360 e. The number of benzene rings is 1. The van der Waals surface area contributed by atoms with E-state index in [9.17, 15) is 0 Å². The molecule has 21 heavy (non-hydrogen) atoms. The highest BCUT2D eigenvalue weighted by Crippen LogP contribution is 2.23. The van der Waals surface area contributed by atoms with E-state index in [2.05, 4.69) is 25.8 Å². The van der Waals surface area contributed by atoms with Gasteiger partial charge in [0.05, 0.1) is 10.7 Å². The molecule has 0 aliphatic carbocycles. The molecule has 2 N–H and O–H groups in total. The smallest absolute Gasteiger partial charge is 0.229 e. The van der Waals surface area contributed by atoms with Gasteiger partial charge in [-0.1, -0.05) is 28.9 Å². The van der Waals surface area contributed by atoms with Crippen LogP contribution in [0, 0.1) is 6.92 Å². The van der Waals surface area contributed by atoms with Crippen molar-refractivity contribution in [3.05, 3.63) is 53.4 Å². The van der Waals surface area contributed by atoms with Gasteiger partial charge in [-0.25, -0.2) is 4.98 Å². The van der Waals surface area contributed by atoms with Crippen LogP contribution in [0.2, 0.25) is 5.02 Å². The van der Waals surface area contributed by atoms with Crippen molar-refractivity contribution < 1.29 is 4.52 Å². The van der Waals surface area contributed by atoms with Crippen molar-refractivity contribution in [3.8, 4) is 0 Å². The Kier molecular flexibility index (Phi) is 3.70. The normalized spacial score (nSPS) is 10.4. The highest BCUT2D eigenvalue weighted by atomic mass is 35.5. The van der Waals surface area contributed by atoms with Gasteiger partial charge in [0.15, 0.2) is 5.82 Å². The average Bonchev–Trinajstić information content (AvgIpc) is 2.87. The maximum atomic E-state index is 6.09. The fourth-order valence-corrected chi connectivity index (χ4v) is 1.91. The lowest BCUT2D eigenvalue weighted by atomic mass is 10.3. The first-order chi connectivity index (χ1) is 10.2. The van der Waals surface area contributed by atoms with Crippen LogP contribution in [0.25, 0.3) is 0 Å². The molecular formula is C14H12ClN5O. The van der Waals surface area contributed by atoms with E-state index in [1.807, 2.05) is 25.1 Å². The van der Waals surface area contributed by atoms with Crippen LogP contribution in [0.15, 0.2) is 47.1 Å². The Balaban J connectivity index is 1.78. The lowest BCUT2D eigenvalue weighted by Crippen LogP contribution is -2.00. The number of halogens is 1. The summed E-state index contributed by atoms with van der Waals surface area (Å²) in [6.45, 7) is 1.82. The third kappa shape index (κ3) is 3.29. The first-order valence-corrected chi connectivity index (χ1v) is 6.63. The molecule has 0 amide bonds. The Morgan fingerprint density at radius 1 is 1.10 bits per heavy atom. The molecule has 0 unspecified atom stereocenters. The first-order valence-electron chi connectivity index (χ1n) is 6.26. The molecule has 2 heterocycles. The van der Waals surface area contributed by atoms with Crippen LogP contribution < -0.4 is 10.6 Å². The summed E-state index contributed by atoms with van der Waals surface area (Å²) in [6.07, 6.45) is 1.64. The second-order valence-electron chi connectivity index (χ2n) is 4.32. The topological polar surface area (TPSA) is 75.9 Å². The molecule has 0 aliphatic heterocycles. The van der Waals surface area contributed by atoms with Gasteiger partial charge in [-0.3, -0.25) is 0 Å². The van der Waals surface area contributed by atoms with Gasteiger partial charge in [0.1, 0.15) is 11.6 Å². The molecule has 106 valence electrons. The van der Waals surface area contributed by atoms with Crippen LogP contribution in [0.1, 0.15) is 5.76 Å². The van der Waals surface area contributed by atoms with E-state index in [0.717, 1.165) is 11.4 Å².